The van der Waals surface area contributed by atoms with Crippen LogP contribution in [0.4, 0.5) is 15.2 Å². The van der Waals surface area contributed by atoms with Crippen LogP contribution < -0.4 is 10.6 Å². The van der Waals surface area contributed by atoms with Gasteiger partial charge in [-0.15, -0.1) is 0 Å². The Morgan fingerprint density at radius 1 is 1.26 bits per heavy atom. The van der Waals surface area contributed by atoms with Gasteiger partial charge < -0.3 is 10.6 Å². The summed E-state index contributed by atoms with van der Waals surface area (Å²) in [5.41, 5.74) is 2.80. The van der Waals surface area contributed by atoms with Crippen LogP contribution in [-0.4, -0.2) is 16.8 Å². The summed E-state index contributed by atoms with van der Waals surface area (Å²) in [6.07, 6.45) is 0.0143. The number of thiazole rings is 1. The molecule has 0 saturated heterocycles. The van der Waals surface area contributed by atoms with Crippen molar-refractivity contribution in [3.05, 3.63) is 65.6 Å². The van der Waals surface area contributed by atoms with Gasteiger partial charge in [0.05, 0.1) is 16.5 Å². The van der Waals surface area contributed by atoms with E-state index in [1.54, 1.807) is 0 Å². The predicted molar refractivity (Wildman–Crippen MR) is 103 cm³/mol. The minimum absolute atomic E-state index is 0.0143. The van der Waals surface area contributed by atoms with E-state index in [1.807, 2.05) is 37.3 Å². The number of carbonyl (C=O) groups excluding carboxylic acids is 2. The zero-order valence-electron chi connectivity index (χ0n) is 14.5. The summed E-state index contributed by atoms with van der Waals surface area (Å²) in [4.78, 5) is 30.1. The van der Waals surface area contributed by atoms with E-state index >= 15 is 0 Å². The summed E-state index contributed by atoms with van der Waals surface area (Å²) in [7, 11) is 0. The number of carbonyl (C=O) groups is 2. The van der Waals surface area contributed by atoms with Crippen molar-refractivity contribution >= 4 is 34.0 Å². The summed E-state index contributed by atoms with van der Waals surface area (Å²) in [6, 6.07) is 13.9. The molecule has 1 unspecified atom stereocenters. The first-order valence-corrected chi connectivity index (χ1v) is 9.26. The Bertz CT molecular complexity index is 1030. The van der Waals surface area contributed by atoms with Gasteiger partial charge in [-0.2, -0.15) is 0 Å². The predicted octanol–water partition coefficient (Wildman–Crippen LogP) is 4.32. The van der Waals surface area contributed by atoms with E-state index in [4.69, 9.17) is 0 Å². The Morgan fingerprint density at radius 3 is 2.81 bits per heavy atom. The van der Waals surface area contributed by atoms with Gasteiger partial charge in [0.15, 0.2) is 5.13 Å². The molecule has 1 atom stereocenters. The number of nitrogens with zero attached hydrogens (tertiary/aromatic N) is 1. The highest BCUT2D eigenvalue weighted by atomic mass is 32.1. The number of hydrogen-bond donors (Lipinski definition) is 2. The van der Waals surface area contributed by atoms with Gasteiger partial charge in [0.1, 0.15) is 5.82 Å². The Kier molecular flexibility index (Phi) is 4.45. The molecule has 0 spiro atoms. The molecule has 0 radical (unpaired) electrons. The van der Waals surface area contributed by atoms with Crippen molar-refractivity contribution < 1.29 is 14.0 Å². The number of aromatic nitrogens is 1. The molecule has 0 aliphatic carbocycles. The molecule has 0 fully saturated rings. The fourth-order valence-electron chi connectivity index (χ4n) is 3.17. The quantitative estimate of drug-likeness (QED) is 0.710. The fraction of sp³-hybridized carbons (Fsp3) is 0.150. The van der Waals surface area contributed by atoms with Crippen LogP contribution in [0.15, 0.2) is 48.5 Å². The third-order valence-corrected chi connectivity index (χ3v) is 5.56. The molecule has 1 aliphatic rings. The van der Waals surface area contributed by atoms with Crippen LogP contribution >= 0.6 is 11.3 Å². The lowest BCUT2D eigenvalue weighted by Gasteiger charge is -2.24. The first-order valence-electron chi connectivity index (χ1n) is 8.44. The van der Waals surface area contributed by atoms with Crippen molar-refractivity contribution in [3.63, 3.8) is 0 Å². The van der Waals surface area contributed by atoms with E-state index in [0.717, 1.165) is 16.1 Å². The van der Waals surface area contributed by atoms with Crippen LogP contribution in [0.5, 0.6) is 0 Å². The number of fused-ring (bicyclic) bond motifs is 1. The first kappa shape index (κ1) is 17.4. The van der Waals surface area contributed by atoms with Crippen molar-refractivity contribution in [2.45, 2.75) is 19.3 Å². The largest absolute Gasteiger partial charge is 0.326 e. The lowest BCUT2D eigenvalue weighted by molar-refractivity contribution is -0.123. The van der Waals surface area contributed by atoms with E-state index in [0.29, 0.717) is 16.4 Å². The molecule has 0 bridgehead atoms. The maximum absolute atomic E-state index is 13.4. The van der Waals surface area contributed by atoms with E-state index in [2.05, 4.69) is 15.6 Å². The maximum atomic E-state index is 13.4. The highest BCUT2D eigenvalue weighted by Crippen LogP contribution is 2.36. The van der Waals surface area contributed by atoms with Gasteiger partial charge in [-0.05, 0) is 30.2 Å². The fourth-order valence-corrected chi connectivity index (χ4v) is 4.15. The SMILES string of the molecule is Cc1nc(NC(=O)C2CC(=O)Nc3cc(F)ccc32)sc1-c1ccccc1. The zero-order chi connectivity index (χ0) is 19.0. The van der Waals surface area contributed by atoms with Gasteiger partial charge in [-0.1, -0.05) is 47.7 Å². The van der Waals surface area contributed by atoms with E-state index in [1.165, 1.54) is 29.5 Å². The first-order chi connectivity index (χ1) is 13.0. The van der Waals surface area contributed by atoms with E-state index in [9.17, 15) is 14.0 Å². The molecule has 1 aliphatic heterocycles. The molecule has 3 aromatic rings. The monoisotopic (exact) mass is 381 g/mol. The molecule has 2 heterocycles. The number of benzene rings is 2. The van der Waals surface area contributed by atoms with Gasteiger partial charge in [-0.3, -0.25) is 9.59 Å². The smallest absolute Gasteiger partial charge is 0.234 e. The number of hydrogen-bond acceptors (Lipinski definition) is 4. The number of nitrogens with one attached hydrogen (secondary N) is 2. The summed E-state index contributed by atoms with van der Waals surface area (Å²) in [5, 5.41) is 5.90. The summed E-state index contributed by atoms with van der Waals surface area (Å²) in [6.45, 7) is 1.89. The molecule has 1 aromatic heterocycles. The second kappa shape index (κ2) is 6.92. The van der Waals surface area contributed by atoms with E-state index in [-0.39, 0.29) is 18.2 Å². The van der Waals surface area contributed by atoms with Crippen LogP contribution in [-0.2, 0) is 9.59 Å². The normalized spacial score (nSPS) is 15.8. The Hall–Kier alpha value is -3.06. The Morgan fingerprint density at radius 2 is 2.04 bits per heavy atom. The Balaban J connectivity index is 1.60. The highest BCUT2D eigenvalue weighted by molar-refractivity contribution is 7.19. The van der Waals surface area contributed by atoms with Gasteiger partial charge in [0.2, 0.25) is 11.8 Å². The second-order valence-electron chi connectivity index (χ2n) is 6.33. The maximum Gasteiger partial charge on any atom is 0.234 e. The molecular weight excluding hydrogens is 365 g/mol. The minimum Gasteiger partial charge on any atom is -0.326 e. The van der Waals surface area contributed by atoms with Crippen LogP contribution in [0.2, 0.25) is 0 Å². The minimum atomic E-state index is -0.682. The average molecular weight is 381 g/mol. The number of halogens is 1. The number of amides is 2. The lowest BCUT2D eigenvalue weighted by Crippen LogP contribution is -2.30. The van der Waals surface area contributed by atoms with Crippen LogP contribution in [0.1, 0.15) is 23.6 Å². The molecule has 0 saturated carbocycles. The molecule has 5 nitrogen and oxygen atoms in total. The summed E-state index contributed by atoms with van der Waals surface area (Å²) >= 11 is 1.39. The van der Waals surface area contributed by atoms with Gasteiger partial charge in [0.25, 0.3) is 0 Å². The van der Waals surface area contributed by atoms with Crippen molar-refractivity contribution in [1.29, 1.82) is 0 Å². The molecule has 2 aromatic carbocycles. The lowest BCUT2D eigenvalue weighted by atomic mass is 9.90. The van der Waals surface area contributed by atoms with Gasteiger partial charge >= 0.3 is 0 Å². The topological polar surface area (TPSA) is 71.1 Å². The molecule has 2 amide bonds. The second-order valence-corrected chi connectivity index (χ2v) is 7.32. The third-order valence-electron chi connectivity index (χ3n) is 4.43. The number of rotatable bonds is 3. The molecule has 27 heavy (non-hydrogen) atoms. The van der Waals surface area contributed by atoms with Crippen molar-refractivity contribution in [2.75, 3.05) is 10.6 Å². The molecule has 7 heteroatoms. The average Bonchev–Trinajstić information content (AvgIpc) is 3.01. The Labute approximate surface area is 159 Å². The summed E-state index contributed by atoms with van der Waals surface area (Å²) < 4.78 is 13.4. The number of anilines is 2. The summed E-state index contributed by atoms with van der Waals surface area (Å²) in [5.74, 6) is -1.78. The highest BCUT2D eigenvalue weighted by Gasteiger charge is 2.31. The van der Waals surface area contributed by atoms with Crippen LogP contribution in [0.3, 0.4) is 0 Å². The van der Waals surface area contributed by atoms with Gasteiger partial charge in [-0.25, -0.2) is 9.37 Å². The zero-order valence-corrected chi connectivity index (χ0v) is 15.3. The molecule has 136 valence electrons. The standard InChI is InChI=1S/C20H16FN3O2S/c1-11-18(12-5-3-2-4-6-12)27-20(22-11)24-19(26)15-10-17(25)23-16-9-13(21)7-8-14(15)16/h2-9,15H,10H2,1H3,(H,23,25)(H,22,24,26). The van der Waals surface area contributed by atoms with Crippen molar-refractivity contribution in [1.82, 2.24) is 4.98 Å². The number of aryl methyl sites for hydroxylation is 1. The molecule has 4 rings (SSSR count). The van der Waals surface area contributed by atoms with Crippen molar-refractivity contribution in [3.8, 4) is 10.4 Å². The third kappa shape index (κ3) is 3.46. The molecule has 2 N–H and O–H groups in total. The van der Waals surface area contributed by atoms with E-state index < -0.39 is 11.7 Å². The van der Waals surface area contributed by atoms with Crippen molar-refractivity contribution in [2.24, 2.45) is 0 Å². The van der Waals surface area contributed by atoms with Gasteiger partial charge in [0, 0.05) is 12.1 Å². The van der Waals surface area contributed by atoms with Crippen LogP contribution in [0, 0.1) is 12.7 Å². The molecular formula is C20H16FN3O2S. The van der Waals surface area contributed by atoms with Crippen LogP contribution in [0.25, 0.3) is 10.4 Å².